The molecule has 0 atom stereocenters. The lowest BCUT2D eigenvalue weighted by molar-refractivity contribution is 0.0951. The van der Waals surface area contributed by atoms with Gasteiger partial charge in [0, 0.05) is 18.7 Å². The van der Waals surface area contributed by atoms with Crippen LogP contribution in [0, 0.1) is 6.92 Å². The van der Waals surface area contributed by atoms with Crippen molar-refractivity contribution in [2.45, 2.75) is 24.9 Å². The highest BCUT2D eigenvalue weighted by atomic mass is 32.2. The molecule has 0 aliphatic heterocycles. The minimum absolute atomic E-state index is 0.125. The zero-order chi connectivity index (χ0) is 21.6. The number of sulfonamides is 1. The summed E-state index contributed by atoms with van der Waals surface area (Å²) < 4.78 is 32.4. The van der Waals surface area contributed by atoms with Crippen LogP contribution in [0.5, 0.6) is 5.75 Å². The molecule has 3 aromatic carbocycles. The number of methoxy groups -OCH3 is 1. The van der Waals surface area contributed by atoms with Crippen molar-refractivity contribution in [2.75, 3.05) is 7.11 Å². The highest BCUT2D eigenvalue weighted by Crippen LogP contribution is 2.16. The number of hydrogen-bond acceptors (Lipinski definition) is 4. The van der Waals surface area contributed by atoms with Gasteiger partial charge in [-0.05, 0) is 54.4 Å². The van der Waals surface area contributed by atoms with Gasteiger partial charge in [0.05, 0.1) is 12.0 Å². The number of aryl methyl sites for hydroxylation is 1. The van der Waals surface area contributed by atoms with Crippen LogP contribution in [-0.4, -0.2) is 21.4 Å². The highest BCUT2D eigenvalue weighted by Gasteiger charge is 2.14. The maximum atomic E-state index is 12.4. The topological polar surface area (TPSA) is 84.5 Å². The van der Waals surface area contributed by atoms with Crippen molar-refractivity contribution in [3.05, 3.63) is 95.1 Å². The number of hydrogen-bond donors (Lipinski definition) is 2. The summed E-state index contributed by atoms with van der Waals surface area (Å²) in [5.41, 5.74) is 3.47. The van der Waals surface area contributed by atoms with Crippen LogP contribution in [0.25, 0.3) is 0 Å². The number of ether oxygens (including phenoxy) is 1. The van der Waals surface area contributed by atoms with Gasteiger partial charge in [-0.15, -0.1) is 0 Å². The smallest absolute Gasteiger partial charge is 0.251 e. The normalized spacial score (nSPS) is 11.1. The van der Waals surface area contributed by atoms with Gasteiger partial charge >= 0.3 is 0 Å². The SMILES string of the molecule is COc1ccc(S(=O)(=O)NCc2ccc(C(=O)NCc3ccc(C)cc3)cc2)cc1. The Morgan fingerprint density at radius 1 is 0.833 bits per heavy atom. The van der Waals surface area contributed by atoms with Gasteiger partial charge in [-0.3, -0.25) is 4.79 Å². The first-order chi connectivity index (χ1) is 14.4. The Morgan fingerprint density at radius 3 is 2.00 bits per heavy atom. The molecule has 30 heavy (non-hydrogen) atoms. The molecule has 0 aliphatic carbocycles. The minimum Gasteiger partial charge on any atom is -0.497 e. The monoisotopic (exact) mass is 424 g/mol. The van der Waals surface area contributed by atoms with Gasteiger partial charge < -0.3 is 10.1 Å². The fourth-order valence-corrected chi connectivity index (χ4v) is 3.80. The third-order valence-corrected chi connectivity index (χ3v) is 6.04. The van der Waals surface area contributed by atoms with E-state index in [0.717, 1.165) is 11.1 Å². The van der Waals surface area contributed by atoms with Gasteiger partial charge in [0.2, 0.25) is 10.0 Å². The lowest BCUT2D eigenvalue weighted by Gasteiger charge is -2.09. The Hall–Kier alpha value is -3.16. The number of carbonyl (C=O) groups excluding carboxylic acids is 1. The maximum Gasteiger partial charge on any atom is 0.251 e. The molecule has 156 valence electrons. The van der Waals surface area contributed by atoms with E-state index in [1.54, 1.807) is 36.4 Å². The third-order valence-electron chi connectivity index (χ3n) is 4.63. The first-order valence-electron chi connectivity index (χ1n) is 9.44. The maximum absolute atomic E-state index is 12.4. The Morgan fingerprint density at radius 2 is 1.40 bits per heavy atom. The summed E-state index contributed by atoms with van der Waals surface area (Å²) in [6, 6.07) is 21.0. The average Bonchev–Trinajstić information content (AvgIpc) is 2.77. The fourth-order valence-electron chi connectivity index (χ4n) is 2.78. The van der Waals surface area contributed by atoms with Gasteiger partial charge in [-0.25, -0.2) is 13.1 Å². The molecule has 3 aromatic rings. The van der Waals surface area contributed by atoms with E-state index < -0.39 is 10.0 Å². The summed E-state index contributed by atoms with van der Waals surface area (Å²) in [6.45, 7) is 2.59. The zero-order valence-electron chi connectivity index (χ0n) is 16.9. The summed E-state index contributed by atoms with van der Waals surface area (Å²) in [5.74, 6) is 0.408. The molecule has 7 heteroatoms. The van der Waals surface area contributed by atoms with Crippen LogP contribution in [0.1, 0.15) is 27.0 Å². The molecule has 2 N–H and O–H groups in total. The number of carbonyl (C=O) groups is 1. The quantitative estimate of drug-likeness (QED) is 0.580. The lowest BCUT2D eigenvalue weighted by atomic mass is 10.1. The van der Waals surface area contributed by atoms with Gasteiger partial charge in [0.1, 0.15) is 5.75 Å². The molecule has 0 unspecified atom stereocenters. The second kappa shape index (κ2) is 9.56. The molecule has 1 amide bonds. The van der Waals surface area contributed by atoms with E-state index in [2.05, 4.69) is 10.0 Å². The summed E-state index contributed by atoms with van der Waals surface area (Å²) in [6.07, 6.45) is 0. The van der Waals surface area contributed by atoms with Gasteiger partial charge in [-0.1, -0.05) is 42.0 Å². The fraction of sp³-hybridized carbons (Fsp3) is 0.174. The number of benzene rings is 3. The molecular weight excluding hydrogens is 400 g/mol. The van der Waals surface area contributed by atoms with Crippen molar-refractivity contribution in [2.24, 2.45) is 0 Å². The Bertz CT molecular complexity index is 1090. The molecule has 0 fully saturated rings. The summed E-state index contributed by atoms with van der Waals surface area (Å²) in [5, 5.41) is 2.88. The van der Waals surface area contributed by atoms with E-state index in [-0.39, 0.29) is 17.3 Å². The van der Waals surface area contributed by atoms with Crippen molar-refractivity contribution >= 4 is 15.9 Å². The second-order valence-electron chi connectivity index (χ2n) is 6.87. The first kappa shape index (κ1) is 21.5. The predicted molar refractivity (Wildman–Crippen MR) is 116 cm³/mol. The summed E-state index contributed by atoms with van der Waals surface area (Å²) in [7, 11) is -2.12. The van der Waals surface area contributed by atoms with Gasteiger partial charge in [0.25, 0.3) is 5.91 Å². The lowest BCUT2D eigenvalue weighted by Crippen LogP contribution is -2.24. The minimum atomic E-state index is -3.64. The number of amides is 1. The van der Waals surface area contributed by atoms with Gasteiger partial charge in [-0.2, -0.15) is 0 Å². The number of rotatable bonds is 8. The molecular formula is C23H24N2O4S. The summed E-state index contributed by atoms with van der Waals surface area (Å²) >= 11 is 0. The van der Waals surface area contributed by atoms with Crippen LogP contribution in [-0.2, 0) is 23.1 Å². The third kappa shape index (κ3) is 5.68. The van der Waals surface area contributed by atoms with Crippen molar-refractivity contribution in [3.63, 3.8) is 0 Å². The molecule has 0 bridgehead atoms. The molecule has 3 rings (SSSR count). The zero-order valence-corrected chi connectivity index (χ0v) is 17.7. The van der Waals surface area contributed by atoms with Crippen LogP contribution >= 0.6 is 0 Å². The van der Waals surface area contributed by atoms with Crippen molar-refractivity contribution < 1.29 is 17.9 Å². The van der Waals surface area contributed by atoms with E-state index >= 15 is 0 Å². The Labute approximate surface area is 177 Å². The Balaban J connectivity index is 1.55. The van der Waals surface area contributed by atoms with E-state index in [1.807, 2.05) is 31.2 Å². The van der Waals surface area contributed by atoms with Crippen LogP contribution in [0.15, 0.2) is 77.7 Å². The predicted octanol–water partition coefficient (Wildman–Crippen LogP) is 3.41. The number of nitrogens with one attached hydrogen (secondary N) is 2. The van der Waals surface area contributed by atoms with E-state index in [9.17, 15) is 13.2 Å². The van der Waals surface area contributed by atoms with Gasteiger partial charge in [0.15, 0.2) is 0 Å². The summed E-state index contributed by atoms with van der Waals surface area (Å²) in [4.78, 5) is 12.5. The van der Waals surface area contributed by atoms with E-state index in [0.29, 0.717) is 17.9 Å². The standard InChI is InChI=1S/C23H24N2O4S/c1-17-3-5-18(6-4-17)15-24-23(26)20-9-7-19(8-10-20)16-25-30(27,28)22-13-11-21(29-2)12-14-22/h3-14,25H,15-16H2,1-2H3,(H,24,26). The largest absolute Gasteiger partial charge is 0.497 e. The van der Waals surface area contributed by atoms with Crippen LogP contribution in [0.4, 0.5) is 0 Å². The van der Waals surface area contributed by atoms with Crippen LogP contribution < -0.4 is 14.8 Å². The first-order valence-corrected chi connectivity index (χ1v) is 10.9. The van der Waals surface area contributed by atoms with Crippen LogP contribution in [0.3, 0.4) is 0 Å². The molecule has 0 aromatic heterocycles. The molecule has 0 radical (unpaired) electrons. The highest BCUT2D eigenvalue weighted by molar-refractivity contribution is 7.89. The van der Waals surface area contributed by atoms with E-state index in [1.165, 1.54) is 24.8 Å². The van der Waals surface area contributed by atoms with Crippen molar-refractivity contribution in [3.8, 4) is 5.75 Å². The molecule has 0 heterocycles. The molecule has 0 aliphatic rings. The van der Waals surface area contributed by atoms with Crippen molar-refractivity contribution in [1.82, 2.24) is 10.0 Å². The Kier molecular flexibility index (Phi) is 6.87. The molecule has 0 saturated heterocycles. The average molecular weight is 425 g/mol. The molecule has 0 spiro atoms. The molecule has 0 saturated carbocycles. The second-order valence-corrected chi connectivity index (χ2v) is 8.63. The molecule has 6 nitrogen and oxygen atoms in total. The van der Waals surface area contributed by atoms with E-state index in [4.69, 9.17) is 4.74 Å². The van der Waals surface area contributed by atoms with Crippen molar-refractivity contribution in [1.29, 1.82) is 0 Å². The van der Waals surface area contributed by atoms with Crippen LogP contribution in [0.2, 0.25) is 0 Å².